The Morgan fingerprint density at radius 3 is 2.52 bits per heavy atom. The zero-order chi connectivity index (χ0) is 22.2. The number of benzene rings is 1. The normalized spacial score (nSPS) is 16.6. The molecule has 1 aromatic heterocycles. The van der Waals surface area contributed by atoms with Gasteiger partial charge in [0.1, 0.15) is 5.75 Å². The van der Waals surface area contributed by atoms with E-state index < -0.39 is 0 Å². The van der Waals surface area contributed by atoms with E-state index in [1.165, 1.54) is 31.0 Å². The lowest BCUT2D eigenvalue weighted by atomic mass is 10.1. The van der Waals surface area contributed by atoms with E-state index in [2.05, 4.69) is 38.8 Å². The van der Waals surface area contributed by atoms with E-state index in [9.17, 15) is 4.79 Å². The van der Waals surface area contributed by atoms with Gasteiger partial charge < -0.3 is 10.1 Å². The standard InChI is InChI=1S/C23H35N5O2S/c1-5-9-17(2)24-21(29)16-31-23-26-25-22(18(3)27-14-7-6-8-15-27)28(23)19-10-12-20(30-4)13-11-19/h10-13,17-18H,5-9,14-16H2,1-4H3,(H,24,29)/t17-,18+/m1/s1. The summed E-state index contributed by atoms with van der Waals surface area (Å²) in [4.78, 5) is 14.9. The van der Waals surface area contributed by atoms with Gasteiger partial charge in [0.2, 0.25) is 5.91 Å². The number of piperidine rings is 1. The Balaban J connectivity index is 1.82. The Bertz CT molecular complexity index is 833. The molecule has 0 aliphatic carbocycles. The highest BCUT2D eigenvalue weighted by Crippen LogP contribution is 2.30. The van der Waals surface area contributed by atoms with Crippen LogP contribution in [-0.4, -0.2) is 57.6 Å². The van der Waals surface area contributed by atoms with Gasteiger partial charge in [0.25, 0.3) is 0 Å². The van der Waals surface area contributed by atoms with Crippen LogP contribution >= 0.6 is 11.8 Å². The highest BCUT2D eigenvalue weighted by atomic mass is 32.2. The first kappa shape index (κ1) is 23.6. The van der Waals surface area contributed by atoms with Crippen LogP contribution in [0.1, 0.15) is 64.7 Å². The highest BCUT2D eigenvalue weighted by molar-refractivity contribution is 7.99. The Morgan fingerprint density at radius 1 is 1.16 bits per heavy atom. The Hall–Kier alpha value is -2.06. The molecule has 0 radical (unpaired) electrons. The second kappa shape index (κ2) is 11.5. The molecular weight excluding hydrogens is 410 g/mol. The number of hydrogen-bond acceptors (Lipinski definition) is 6. The monoisotopic (exact) mass is 445 g/mol. The van der Waals surface area contributed by atoms with Gasteiger partial charge in [-0.2, -0.15) is 0 Å². The van der Waals surface area contributed by atoms with E-state index in [1.807, 2.05) is 31.2 Å². The number of methoxy groups -OCH3 is 1. The van der Waals surface area contributed by atoms with Gasteiger partial charge in [-0.1, -0.05) is 31.5 Å². The number of hydrogen-bond donors (Lipinski definition) is 1. The van der Waals surface area contributed by atoms with Gasteiger partial charge in [0, 0.05) is 11.7 Å². The number of nitrogens with zero attached hydrogens (tertiary/aromatic N) is 4. The first-order valence-electron chi connectivity index (χ1n) is 11.3. The molecular formula is C23H35N5O2S. The molecule has 3 rings (SSSR count). The van der Waals surface area contributed by atoms with Crippen molar-refractivity contribution in [1.29, 1.82) is 0 Å². The number of thioether (sulfide) groups is 1. The maximum Gasteiger partial charge on any atom is 0.230 e. The predicted octanol–water partition coefficient (Wildman–Crippen LogP) is 4.22. The molecule has 8 heteroatoms. The summed E-state index contributed by atoms with van der Waals surface area (Å²) < 4.78 is 7.41. The molecule has 1 N–H and O–H groups in total. The van der Waals surface area contributed by atoms with Crippen molar-refractivity contribution in [3.05, 3.63) is 30.1 Å². The molecule has 0 unspecified atom stereocenters. The first-order chi connectivity index (χ1) is 15.0. The summed E-state index contributed by atoms with van der Waals surface area (Å²) in [6, 6.07) is 8.26. The molecule has 1 aliphatic rings. The lowest BCUT2D eigenvalue weighted by molar-refractivity contribution is -0.119. The van der Waals surface area contributed by atoms with Gasteiger partial charge in [0.15, 0.2) is 11.0 Å². The molecule has 1 saturated heterocycles. The first-order valence-corrected chi connectivity index (χ1v) is 12.3. The predicted molar refractivity (Wildman–Crippen MR) is 125 cm³/mol. The van der Waals surface area contributed by atoms with Gasteiger partial charge in [-0.05, 0) is 70.5 Å². The summed E-state index contributed by atoms with van der Waals surface area (Å²) in [6.45, 7) is 8.53. The van der Waals surface area contributed by atoms with Crippen LogP contribution in [0.5, 0.6) is 5.75 Å². The van der Waals surface area contributed by atoms with Crippen LogP contribution in [0, 0.1) is 0 Å². The number of ether oxygens (including phenoxy) is 1. The molecule has 0 saturated carbocycles. The lowest BCUT2D eigenvalue weighted by Crippen LogP contribution is -2.34. The number of likely N-dealkylation sites (tertiary alicyclic amines) is 1. The molecule has 2 heterocycles. The van der Waals surface area contributed by atoms with Crippen molar-refractivity contribution in [2.24, 2.45) is 0 Å². The van der Waals surface area contributed by atoms with Crippen LogP contribution in [0.15, 0.2) is 29.4 Å². The number of rotatable bonds is 10. The average Bonchev–Trinajstić information content (AvgIpc) is 3.22. The fraction of sp³-hybridized carbons (Fsp3) is 0.609. The van der Waals surface area contributed by atoms with Gasteiger partial charge in [-0.3, -0.25) is 14.3 Å². The third kappa shape index (κ3) is 6.23. The molecule has 2 atom stereocenters. The zero-order valence-corrected chi connectivity index (χ0v) is 20.0. The van der Waals surface area contributed by atoms with E-state index >= 15 is 0 Å². The van der Waals surface area contributed by atoms with Gasteiger partial charge >= 0.3 is 0 Å². The second-order valence-electron chi connectivity index (χ2n) is 8.19. The van der Waals surface area contributed by atoms with Crippen LogP contribution in [0.25, 0.3) is 5.69 Å². The topological polar surface area (TPSA) is 72.3 Å². The van der Waals surface area contributed by atoms with Crippen LogP contribution in [-0.2, 0) is 4.79 Å². The minimum atomic E-state index is 0.0286. The van der Waals surface area contributed by atoms with Crippen LogP contribution < -0.4 is 10.1 Å². The number of carbonyl (C=O) groups is 1. The van der Waals surface area contributed by atoms with Crippen molar-refractivity contribution in [3.8, 4) is 11.4 Å². The van der Waals surface area contributed by atoms with Crippen molar-refractivity contribution >= 4 is 17.7 Å². The number of aromatic nitrogens is 3. The van der Waals surface area contributed by atoms with E-state index in [-0.39, 0.29) is 18.0 Å². The molecule has 7 nitrogen and oxygen atoms in total. The summed E-state index contributed by atoms with van der Waals surface area (Å²) in [5.74, 6) is 2.07. The lowest BCUT2D eigenvalue weighted by Gasteiger charge is -2.31. The van der Waals surface area contributed by atoms with Crippen LogP contribution in [0.2, 0.25) is 0 Å². The molecule has 0 bridgehead atoms. The Kier molecular flexibility index (Phi) is 8.78. The van der Waals surface area contributed by atoms with Gasteiger partial charge in [0.05, 0.1) is 18.9 Å². The smallest absolute Gasteiger partial charge is 0.230 e. The van der Waals surface area contributed by atoms with E-state index in [4.69, 9.17) is 4.74 Å². The minimum Gasteiger partial charge on any atom is -0.497 e. The number of carbonyl (C=O) groups excluding carboxylic acids is 1. The summed E-state index contributed by atoms with van der Waals surface area (Å²) in [5, 5.41) is 12.8. The third-order valence-corrected chi connectivity index (χ3v) is 6.69. The molecule has 170 valence electrons. The molecule has 1 fully saturated rings. The minimum absolute atomic E-state index is 0.0286. The van der Waals surface area contributed by atoms with Gasteiger partial charge in [-0.25, -0.2) is 0 Å². The quantitative estimate of drug-likeness (QED) is 0.552. The maximum absolute atomic E-state index is 12.4. The van der Waals surface area contributed by atoms with Crippen molar-refractivity contribution in [1.82, 2.24) is 25.0 Å². The zero-order valence-electron chi connectivity index (χ0n) is 19.1. The molecule has 2 aromatic rings. The molecule has 1 aliphatic heterocycles. The summed E-state index contributed by atoms with van der Waals surface area (Å²) in [6.07, 6.45) is 5.77. The SMILES string of the molecule is CCC[C@@H](C)NC(=O)CSc1nnc([C@H](C)N2CCCCC2)n1-c1ccc(OC)cc1. The second-order valence-corrected chi connectivity index (χ2v) is 9.14. The van der Waals surface area contributed by atoms with Crippen molar-refractivity contribution in [2.45, 2.75) is 70.1 Å². The fourth-order valence-electron chi connectivity index (χ4n) is 4.04. The Labute approximate surface area is 189 Å². The summed E-state index contributed by atoms with van der Waals surface area (Å²) in [5.41, 5.74) is 0.979. The van der Waals surface area contributed by atoms with Crippen molar-refractivity contribution < 1.29 is 9.53 Å². The maximum atomic E-state index is 12.4. The fourth-order valence-corrected chi connectivity index (χ4v) is 4.81. The molecule has 0 spiro atoms. The number of nitrogens with one attached hydrogen (secondary N) is 1. The summed E-state index contributed by atoms with van der Waals surface area (Å²) >= 11 is 1.43. The van der Waals surface area contributed by atoms with E-state index in [0.717, 1.165) is 48.3 Å². The van der Waals surface area contributed by atoms with Crippen LogP contribution in [0.3, 0.4) is 0 Å². The van der Waals surface area contributed by atoms with Gasteiger partial charge in [-0.15, -0.1) is 10.2 Å². The molecule has 1 aromatic carbocycles. The molecule has 31 heavy (non-hydrogen) atoms. The number of amides is 1. The van der Waals surface area contributed by atoms with Crippen molar-refractivity contribution in [3.63, 3.8) is 0 Å². The average molecular weight is 446 g/mol. The van der Waals surface area contributed by atoms with E-state index in [0.29, 0.717) is 5.75 Å². The van der Waals surface area contributed by atoms with Crippen LogP contribution in [0.4, 0.5) is 0 Å². The molecule has 1 amide bonds. The third-order valence-electron chi connectivity index (χ3n) is 5.76. The summed E-state index contributed by atoms with van der Waals surface area (Å²) in [7, 11) is 1.66. The highest BCUT2D eigenvalue weighted by Gasteiger charge is 2.26. The largest absolute Gasteiger partial charge is 0.497 e. The van der Waals surface area contributed by atoms with Crippen molar-refractivity contribution in [2.75, 3.05) is 26.0 Å². The van der Waals surface area contributed by atoms with E-state index in [1.54, 1.807) is 7.11 Å². The Morgan fingerprint density at radius 2 is 1.87 bits per heavy atom.